The zero-order valence-electron chi connectivity index (χ0n) is 27.4. The molecule has 0 heterocycles. The molecule has 10 heteroatoms. The number of phenols is 1. The fraction of sp³-hybridized carbons (Fsp3) is 0.308. The number of unbranched alkanes of at least 4 members (excludes halogenated alkanes) is 3. The number of rotatable bonds is 19. The van der Waals surface area contributed by atoms with E-state index in [0.717, 1.165) is 43.4 Å². The SMILES string of the molecule is O=C(O)C(=Cc1ccccc1)c1ccccc1.OCc1cc(C(O)CNCCCCCCOCCOCc2c(Cl)cccc2Cl)ccc1O. The number of hydrogen-bond donors (Lipinski definition) is 5. The monoisotopic (exact) mass is 709 g/mol. The topological polar surface area (TPSA) is 128 Å². The molecule has 0 aromatic heterocycles. The Balaban J connectivity index is 0.000000319. The van der Waals surface area contributed by atoms with Crippen molar-refractivity contribution in [2.45, 2.75) is 45.0 Å². The second kappa shape index (κ2) is 22.8. The molecule has 0 amide bonds. The summed E-state index contributed by atoms with van der Waals surface area (Å²) in [5.74, 6) is -0.880. The van der Waals surface area contributed by atoms with Crippen molar-refractivity contribution in [3.05, 3.63) is 135 Å². The molecule has 1 atom stereocenters. The van der Waals surface area contributed by atoms with E-state index in [9.17, 15) is 25.2 Å². The van der Waals surface area contributed by atoms with Crippen LogP contribution in [0.4, 0.5) is 0 Å². The summed E-state index contributed by atoms with van der Waals surface area (Å²) in [7, 11) is 0. The van der Waals surface area contributed by atoms with Crippen LogP contribution in [0.2, 0.25) is 10.0 Å². The van der Waals surface area contributed by atoms with E-state index in [1.165, 1.54) is 6.07 Å². The number of hydrogen-bond acceptors (Lipinski definition) is 7. The molecule has 0 saturated heterocycles. The Labute approximate surface area is 298 Å². The average Bonchev–Trinajstić information content (AvgIpc) is 3.11. The molecule has 0 saturated carbocycles. The summed E-state index contributed by atoms with van der Waals surface area (Å²) in [6, 6.07) is 28.7. The van der Waals surface area contributed by atoms with E-state index in [0.29, 0.717) is 65.3 Å². The van der Waals surface area contributed by atoms with E-state index in [4.69, 9.17) is 32.7 Å². The summed E-state index contributed by atoms with van der Waals surface area (Å²) < 4.78 is 11.2. The number of benzene rings is 4. The van der Waals surface area contributed by atoms with Crippen molar-refractivity contribution in [3.8, 4) is 5.75 Å². The summed E-state index contributed by atoms with van der Waals surface area (Å²) in [4.78, 5) is 11.2. The lowest BCUT2D eigenvalue weighted by atomic mass is 10.0. The number of halogens is 2. The van der Waals surface area contributed by atoms with Crippen LogP contribution in [-0.4, -0.2) is 59.3 Å². The first-order chi connectivity index (χ1) is 23.8. The highest BCUT2D eigenvalue weighted by Gasteiger charge is 2.11. The number of aliphatic carboxylic acids is 1. The molecule has 4 aromatic rings. The number of aliphatic hydroxyl groups is 2. The highest BCUT2D eigenvalue weighted by Crippen LogP contribution is 2.25. The van der Waals surface area contributed by atoms with Crippen molar-refractivity contribution in [1.82, 2.24) is 5.32 Å². The molecule has 0 aliphatic heterocycles. The Morgan fingerprint density at radius 1 is 0.796 bits per heavy atom. The van der Waals surface area contributed by atoms with Gasteiger partial charge in [-0.3, -0.25) is 0 Å². The Hall–Kier alpha value is -3.73. The predicted molar refractivity (Wildman–Crippen MR) is 196 cm³/mol. The molecule has 5 N–H and O–H groups in total. The first kappa shape index (κ1) is 39.7. The van der Waals surface area contributed by atoms with E-state index in [1.807, 2.05) is 54.6 Å². The summed E-state index contributed by atoms with van der Waals surface area (Å²) in [5.41, 5.74) is 3.79. The minimum atomic E-state index is -0.917. The van der Waals surface area contributed by atoms with Crippen LogP contribution < -0.4 is 5.32 Å². The minimum absolute atomic E-state index is 0.0370. The van der Waals surface area contributed by atoms with Gasteiger partial charge >= 0.3 is 5.97 Å². The van der Waals surface area contributed by atoms with E-state index < -0.39 is 12.1 Å². The van der Waals surface area contributed by atoms with Gasteiger partial charge in [-0.1, -0.05) is 109 Å². The van der Waals surface area contributed by atoms with Crippen LogP contribution in [0.3, 0.4) is 0 Å². The van der Waals surface area contributed by atoms with Gasteiger partial charge in [0.2, 0.25) is 0 Å². The largest absolute Gasteiger partial charge is 0.508 e. The number of aliphatic hydroxyl groups excluding tert-OH is 2. The second-order valence-corrected chi connectivity index (χ2v) is 12.0. The van der Waals surface area contributed by atoms with E-state index in [-0.39, 0.29) is 12.4 Å². The quantitative estimate of drug-likeness (QED) is 0.0377. The van der Waals surface area contributed by atoms with Gasteiger partial charge < -0.3 is 35.2 Å². The van der Waals surface area contributed by atoms with Gasteiger partial charge in [0.05, 0.1) is 38.1 Å². The predicted octanol–water partition coefficient (Wildman–Crippen LogP) is 7.92. The number of aromatic hydroxyl groups is 1. The number of ether oxygens (including phenoxy) is 2. The van der Waals surface area contributed by atoms with Gasteiger partial charge in [-0.25, -0.2) is 4.79 Å². The maximum Gasteiger partial charge on any atom is 0.336 e. The van der Waals surface area contributed by atoms with Crippen LogP contribution in [0.25, 0.3) is 11.6 Å². The van der Waals surface area contributed by atoms with Gasteiger partial charge in [0.1, 0.15) is 5.75 Å². The zero-order valence-corrected chi connectivity index (χ0v) is 29.0. The van der Waals surface area contributed by atoms with Crippen molar-refractivity contribution < 1.29 is 34.7 Å². The average molecular weight is 711 g/mol. The third-order valence-electron chi connectivity index (χ3n) is 7.49. The lowest BCUT2D eigenvalue weighted by Crippen LogP contribution is -2.22. The first-order valence-electron chi connectivity index (χ1n) is 16.3. The van der Waals surface area contributed by atoms with Crippen LogP contribution in [-0.2, 0) is 27.5 Å². The minimum Gasteiger partial charge on any atom is -0.508 e. The summed E-state index contributed by atoms with van der Waals surface area (Å²) in [6.07, 6.45) is 5.19. The number of carboxylic acid groups (broad SMARTS) is 1. The van der Waals surface area contributed by atoms with E-state index in [2.05, 4.69) is 5.32 Å². The zero-order chi connectivity index (χ0) is 35.3. The fourth-order valence-corrected chi connectivity index (χ4v) is 5.28. The molecule has 262 valence electrons. The van der Waals surface area contributed by atoms with Crippen molar-refractivity contribution >= 4 is 40.8 Å². The summed E-state index contributed by atoms with van der Waals surface area (Å²) in [5, 5.41) is 42.7. The van der Waals surface area contributed by atoms with Gasteiger partial charge in [0.15, 0.2) is 0 Å². The van der Waals surface area contributed by atoms with Crippen molar-refractivity contribution in [1.29, 1.82) is 0 Å². The number of carboxylic acids is 1. The van der Waals surface area contributed by atoms with Gasteiger partial charge in [-0.05, 0) is 66.4 Å². The Morgan fingerprint density at radius 3 is 2.12 bits per heavy atom. The summed E-state index contributed by atoms with van der Waals surface area (Å²) >= 11 is 12.2. The molecule has 8 nitrogen and oxygen atoms in total. The Bertz CT molecular complexity index is 1550. The lowest BCUT2D eigenvalue weighted by molar-refractivity contribution is -0.130. The summed E-state index contributed by atoms with van der Waals surface area (Å²) in [6.45, 7) is 3.11. The molecular weight excluding hydrogens is 665 g/mol. The molecule has 0 bridgehead atoms. The van der Waals surface area contributed by atoms with E-state index >= 15 is 0 Å². The van der Waals surface area contributed by atoms with Crippen LogP contribution in [0.5, 0.6) is 5.75 Å². The second-order valence-electron chi connectivity index (χ2n) is 11.2. The molecule has 4 aromatic carbocycles. The Kier molecular flexibility index (Phi) is 18.5. The molecular formula is C39H45Cl2NO7. The van der Waals surface area contributed by atoms with Crippen LogP contribution in [0.1, 0.15) is 59.6 Å². The normalized spacial score (nSPS) is 11.9. The standard InChI is InChI=1S/C24H33Cl2NO5.C15H12O2/c25-21-6-5-7-22(26)20(21)17-32-13-12-31-11-4-2-1-3-10-27-15-24(30)18-8-9-23(29)19(14-18)16-28;16-15(17)14(13-9-5-2-6-10-13)11-12-7-3-1-4-8-12/h5-9,14,24,27-30H,1-4,10-13,15-17H2;1-11H,(H,16,17). The van der Waals surface area contributed by atoms with Crippen LogP contribution in [0, 0.1) is 0 Å². The molecule has 4 rings (SSSR count). The molecule has 0 aliphatic carbocycles. The highest BCUT2D eigenvalue weighted by atomic mass is 35.5. The number of nitrogens with one attached hydrogen (secondary N) is 1. The smallest absolute Gasteiger partial charge is 0.336 e. The van der Waals surface area contributed by atoms with Crippen molar-refractivity contribution in [3.63, 3.8) is 0 Å². The molecule has 49 heavy (non-hydrogen) atoms. The van der Waals surface area contributed by atoms with Gasteiger partial charge in [-0.15, -0.1) is 0 Å². The van der Waals surface area contributed by atoms with Crippen LogP contribution in [0.15, 0.2) is 97.1 Å². The Morgan fingerprint density at radius 2 is 1.45 bits per heavy atom. The third kappa shape index (κ3) is 14.7. The fourth-order valence-electron chi connectivity index (χ4n) is 4.77. The molecule has 0 aliphatic rings. The van der Waals surface area contributed by atoms with Crippen molar-refractivity contribution in [2.75, 3.05) is 32.9 Å². The maximum absolute atomic E-state index is 11.2. The molecule has 1 unspecified atom stereocenters. The lowest BCUT2D eigenvalue weighted by Gasteiger charge is -2.14. The third-order valence-corrected chi connectivity index (χ3v) is 8.20. The highest BCUT2D eigenvalue weighted by molar-refractivity contribution is 6.35. The van der Waals surface area contributed by atoms with Gasteiger partial charge in [0.25, 0.3) is 0 Å². The molecule has 0 spiro atoms. The number of carbonyl (C=O) groups is 1. The molecule has 0 radical (unpaired) electrons. The van der Waals surface area contributed by atoms with Crippen molar-refractivity contribution in [2.24, 2.45) is 0 Å². The van der Waals surface area contributed by atoms with E-state index in [1.54, 1.807) is 42.5 Å². The first-order valence-corrected chi connectivity index (χ1v) is 17.0. The van der Waals surface area contributed by atoms with Gasteiger partial charge in [-0.2, -0.15) is 0 Å². The maximum atomic E-state index is 11.2. The van der Waals surface area contributed by atoms with Crippen LogP contribution >= 0.6 is 23.2 Å². The molecule has 0 fully saturated rings. The van der Waals surface area contributed by atoms with Gasteiger partial charge in [0, 0.05) is 34.3 Å².